The molecule has 14 heteroatoms. The van der Waals surface area contributed by atoms with Crippen molar-refractivity contribution in [3.8, 4) is 45.4 Å². The van der Waals surface area contributed by atoms with Crippen LogP contribution in [0.15, 0.2) is 146 Å². The minimum absolute atomic E-state index is 0.0845. The molecule has 8 rings (SSSR count). The lowest BCUT2D eigenvalue weighted by atomic mass is 10.1. The predicted molar refractivity (Wildman–Crippen MR) is 246 cm³/mol. The molecule has 0 atom stereocenters. The third-order valence-corrected chi connectivity index (χ3v) is 10.8. The van der Waals surface area contributed by atoms with Crippen molar-refractivity contribution in [3.63, 3.8) is 0 Å². The smallest absolute Gasteiger partial charge is 0.338 e. The van der Waals surface area contributed by atoms with E-state index in [9.17, 15) is 32.3 Å². The van der Waals surface area contributed by atoms with E-state index < -0.39 is 35.2 Å². The van der Waals surface area contributed by atoms with E-state index in [0.717, 1.165) is 40.6 Å². The second kappa shape index (κ2) is 20.7. The molecule has 0 amide bonds. The van der Waals surface area contributed by atoms with Crippen LogP contribution in [0.3, 0.4) is 0 Å². The van der Waals surface area contributed by atoms with E-state index in [1.165, 1.54) is 30.3 Å². The average Bonchev–Trinajstić information content (AvgIpc) is 3.88. The van der Waals surface area contributed by atoms with Crippen LogP contribution >= 0.6 is 23.2 Å². The molecule has 0 aliphatic heterocycles. The fourth-order valence-corrected chi connectivity index (χ4v) is 7.54. The maximum absolute atomic E-state index is 14.1. The zero-order chi connectivity index (χ0) is 47.1. The zero-order valence-electron chi connectivity index (χ0n) is 35.6. The van der Waals surface area contributed by atoms with Crippen molar-refractivity contribution in [3.05, 3.63) is 213 Å². The van der Waals surface area contributed by atoms with Crippen molar-refractivity contribution in [2.24, 2.45) is 0 Å². The molecule has 6 aromatic carbocycles. The number of benzene rings is 6. The Bertz CT molecular complexity index is 3080. The number of carboxylic acid groups (broad SMARTS) is 1. The van der Waals surface area contributed by atoms with Gasteiger partial charge in [-0.2, -0.15) is 0 Å². The number of nitrogens with zero attached hydrogens (tertiary/aromatic N) is 2. The number of carbonyl (C=O) groups is 2. The van der Waals surface area contributed by atoms with E-state index in [0.29, 0.717) is 43.9 Å². The highest BCUT2D eigenvalue weighted by molar-refractivity contribution is 6.31. The van der Waals surface area contributed by atoms with Gasteiger partial charge >= 0.3 is 11.9 Å². The number of halogens is 6. The van der Waals surface area contributed by atoms with Crippen LogP contribution < -0.4 is 9.47 Å². The number of carboxylic acids is 1. The topological polar surface area (TPSA) is 91.9 Å². The van der Waals surface area contributed by atoms with Gasteiger partial charge in [0.25, 0.3) is 0 Å². The van der Waals surface area contributed by atoms with Crippen molar-refractivity contribution in [2.45, 2.75) is 34.0 Å². The summed E-state index contributed by atoms with van der Waals surface area (Å²) < 4.78 is 75.4. The number of esters is 1. The normalized spacial score (nSPS) is 10.9. The number of hydrogen-bond acceptors (Lipinski definition) is 5. The Labute approximate surface area is 387 Å². The molecule has 66 heavy (non-hydrogen) atoms. The van der Waals surface area contributed by atoms with Gasteiger partial charge in [0.15, 0.2) is 0 Å². The van der Waals surface area contributed by atoms with E-state index >= 15 is 0 Å². The predicted octanol–water partition coefficient (Wildman–Crippen LogP) is 13.8. The summed E-state index contributed by atoms with van der Waals surface area (Å²) in [6.45, 7) is 5.70. The molecule has 0 spiro atoms. The van der Waals surface area contributed by atoms with Gasteiger partial charge in [0.2, 0.25) is 0 Å². The summed E-state index contributed by atoms with van der Waals surface area (Å²) in [6.07, 6.45) is 0. The highest BCUT2D eigenvalue weighted by Crippen LogP contribution is 2.38. The molecule has 2 heterocycles. The molecule has 1 N–H and O–H groups in total. The minimum atomic E-state index is -1.02. The summed E-state index contributed by atoms with van der Waals surface area (Å²) in [5.74, 6) is -3.16. The lowest BCUT2D eigenvalue weighted by Crippen LogP contribution is -2.07. The van der Waals surface area contributed by atoms with Crippen LogP contribution in [0, 0.1) is 37.1 Å². The number of ether oxygens (including phenoxy) is 3. The van der Waals surface area contributed by atoms with Crippen molar-refractivity contribution in [1.82, 2.24) is 9.13 Å². The molecule has 0 saturated carbocycles. The first-order chi connectivity index (χ1) is 31.7. The molecular formula is C52H40Cl2F4N2O6. The molecule has 0 saturated heterocycles. The summed E-state index contributed by atoms with van der Waals surface area (Å²) in [5, 5.41) is 10.3. The summed E-state index contributed by atoms with van der Waals surface area (Å²) in [4.78, 5) is 23.7. The fraction of sp³-hybridized carbons (Fsp3) is 0.115. The van der Waals surface area contributed by atoms with Gasteiger partial charge in [0.1, 0.15) is 48.0 Å². The molecule has 0 bridgehead atoms. The Hall–Kier alpha value is -7.28. The van der Waals surface area contributed by atoms with Crippen LogP contribution in [0.25, 0.3) is 33.9 Å². The molecule has 0 aliphatic rings. The molecule has 8 aromatic rings. The highest BCUT2D eigenvalue weighted by Gasteiger charge is 2.19. The van der Waals surface area contributed by atoms with Gasteiger partial charge in [-0.1, -0.05) is 35.3 Å². The summed E-state index contributed by atoms with van der Waals surface area (Å²) in [7, 11) is 0. The van der Waals surface area contributed by atoms with Crippen LogP contribution in [0.2, 0.25) is 10.0 Å². The summed E-state index contributed by atoms with van der Waals surface area (Å²) in [6, 6.07) is 38.3. The Balaban J connectivity index is 0.000000197. The minimum Gasteiger partial charge on any atom is -0.488 e. The third kappa shape index (κ3) is 10.8. The first-order valence-corrected chi connectivity index (χ1v) is 21.2. The Kier molecular flexibility index (Phi) is 14.6. The second-order valence-corrected chi connectivity index (χ2v) is 15.7. The van der Waals surface area contributed by atoms with Gasteiger partial charge < -0.3 is 28.5 Å². The summed E-state index contributed by atoms with van der Waals surface area (Å²) >= 11 is 12.6. The number of aromatic nitrogens is 2. The van der Waals surface area contributed by atoms with Crippen molar-refractivity contribution in [1.29, 1.82) is 0 Å². The van der Waals surface area contributed by atoms with Crippen molar-refractivity contribution < 1.29 is 46.5 Å². The lowest BCUT2D eigenvalue weighted by molar-refractivity contribution is 0.0525. The monoisotopic (exact) mass is 934 g/mol. The van der Waals surface area contributed by atoms with Crippen molar-refractivity contribution >= 4 is 35.1 Å². The molecule has 0 aliphatic carbocycles. The van der Waals surface area contributed by atoms with Gasteiger partial charge in [-0.3, -0.25) is 0 Å². The summed E-state index contributed by atoms with van der Waals surface area (Å²) in [5.41, 5.74) is 7.10. The first kappa shape index (κ1) is 46.7. The van der Waals surface area contributed by atoms with Crippen LogP contribution in [0.5, 0.6) is 11.5 Å². The number of aryl methyl sites for hydroxylation is 2. The molecule has 0 unspecified atom stereocenters. The Morgan fingerprint density at radius 3 is 1.45 bits per heavy atom. The van der Waals surface area contributed by atoms with E-state index in [1.54, 1.807) is 73.7 Å². The van der Waals surface area contributed by atoms with Gasteiger partial charge in [-0.05, 0) is 142 Å². The van der Waals surface area contributed by atoms with Crippen LogP contribution in [0.4, 0.5) is 17.6 Å². The maximum atomic E-state index is 14.1. The fourth-order valence-electron chi connectivity index (χ4n) is 7.19. The van der Waals surface area contributed by atoms with E-state index in [4.69, 9.17) is 37.4 Å². The van der Waals surface area contributed by atoms with Crippen LogP contribution in [-0.2, 0) is 18.0 Å². The zero-order valence-corrected chi connectivity index (χ0v) is 37.1. The Morgan fingerprint density at radius 2 is 1.02 bits per heavy atom. The van der Waals surface area contributed by atoms with Gasteiger partial charge in [-0.25, -0.2) is 27.2 Å². The lowest BCUT2D eigenvalue weighted by Gasteiger charge is -2.17. The molecular weight excluding hydrogens is 895 g/mol. The number of hydrogen-bond donors (Lipinski definition) is 1. The molecule has 0 radical (unpaired) electrons. The van der Waals surface area contributed by atoms with E-state index in [1.807, 2.05) is 59.4 Å². The molecule has 8 nitrogen and oxygen atoms in total. The number of rotatable bonds is 13. The van der Waals surface area contributed by atoms with Crippen molar-refractivity contribution in [2.75, 3.05) is 6.61 Å². The van der Waals surface area contributed by atoms with E-state index in [2.05, 4.69) is 0 Å². The number of carbonyl (C=O) groups excluding carboxylic acids is 1. The molecule has 336 valence electrons. The van der Waals surface area contributed by atoms with Gasteiger partial charge in [0.05, 0.1) is 29.1 Å². The third-order valence-electron chi connectivity index (χ3n) is 10.4. The molecule has 0 fully saturated rings. The second-order valence-electron chi connectivity index (χ2n) is 14.8. The van der Waals surface area contributed by atoms with Crippen LogP contribution in [-0.4, -0.2) is 32.8 Å². The van der Waals surface area contributed by atoms with Gasteiger partial charge in [-0.15, -0.1) is 0 Å². The average molecular weight is 936 g/mol. The first-order valence-electron chi connectivity index (χ1n) is 20.4. The Morgan fingerprint density at radius 1 is 0.561 bits per heavy atom. The quantitative estimate of drug-likeness (QED) is 0.0915. The SMILES string of the molecule is CCOC(=O)c1cccc(-n2c(C)ccc2-c2cc(Cl)ccc2OCc2ccc(F)cc2F)c1.Cc1ccc(-c2cc(Cl)ccc2OCc2ccc(F)cc2F)n1-c1cccc(C(=O)O)c1. The standard InChI is InChI=1S/C27H22ClF2NO3.C25H18ClF2NO3/c1-3-33-27(32)18-5-4-6-22(13-18)31-17(2)7-11-25(31)23-14-20(28)9-12-26(23)34-16-19-8-10-21(29)15-24(19)30;1-15-5-9-23(29(15)20-4-2-3-16(11-20)25(30)31)21-12-18(26)7-10-24(21)32-14-17-6-8-19(27)13-22(17)28/h4-15H,3,16H2,1-2H3;2-13H,14H2,1H3,(H,30,31). The highest BCUT2D eigenvalue weighted by atomic mass is 35.5. The van der Waals surface area contributed by atoms with E-state index in [-0.39, 0.29) is 36.5 Å². The molecule has 2 aromatic heterocycles. The number of aromatic carboxylic acids is 1. The van der Waals surface area contributed by atoms with Gasteiger partial charge in [0, 0.05) is 67.2 Å². The largest absolute Gasteiger partial charge is 0.488 e. The maximum Gasteiger partial charge on any atom is 0.338 e. The van der Waals surface area contributed by atoms with Crippen LogP contribution in [0.1, 0.15) is 50.2 Å².